The average Bonchev–Trinajstić information content (AvgIpc) is 2.39. The van der Waals surface area contributed by atoms with Crippen LogP contribution < -0.4 is 5.73 Å². The fourth-order valence-corrected chi connectivity index (χ4v) is 1.68. The molecule has 0 aliphatic carbocycles. The molecule has 0 unspecified atom stereocenters. The van der Waals surface area contributed by atoms with Gasteiger partial charge in [0.15, 0.2) is 0 Å². The largest absolute Gasteiger partial charge is 0.335 e. The monoisotopic (exact) mass is 299 g/mol. The van der Waals surface area contributed by atoms with Crippen molar-refractivity contribution in [3.05, 3.63) is 52.6 Å². The third-order valence-electron chi connectivity index (χ3n) is 2.56. The third kappa shape index (κ3) is 5.38. The van der Waals surface area contributed by atoms with E-state index in [0.29, 0.717) is 18.7 Å². The summed E-state index contributed by atoms with van der Waals surface area (Å²) in [5.74, 6) is -0.0890. The van der Waals surface area contributed by atoms with E-state index in [4.69, 9.17) is 5.73 Å². The fourth-order valence-electron chi connectivity index (χ4n) is 1.68. The average molecular weight is 300 g/mol. The number of hydrogen-bond acceptors (Lipinski definition) is 4. The van der Waals surface area contributed by atoms with Crippen molar-refractivity contribution in [1.29, 1.82) is 0 Å². The van der Waals surface area contributed by atoms with E-state index in [1.807, 2.05) is 0 Å². The Bertz CT molecular complexity index is 480. The highest BCUT2D eigenvalue weighted by atomic mass is 35.5. The topological polar surface area (TPSA) is 89.5 Å². The van der Waals surface area contributed by atoms with Crippen molar-refractivity contribution in [3.8, 4) is 0 Å². The number of benzene rings is 1. The van der Waals surface area contributed by atoms with Crippen LogP contribution in [0.1, 0.15) is 12.0 Å². The molecule has 0 atom stereocenters. The molecule has 1 rings (SSSR count). The van der Waals surface area contributed by atoms with Crippen molar-refractivity contribution < 1.29 is 9.72 Å². The summed E-state index contributed by atoms with van der Waals surface area (Å²) in [5.41, 5.74) is 6.08. The molecule has 1 aromatic rings. The van der Waals surface area contributed by atoms with E-state index >= 15 is 0 Å². The molecule has 0 saturated carbocycles. The maximum Gasteiger partial charge on any atom is 0.269 e. The molecule has 0 fully saturated rings. The molecule has 0 spiro atoms. The summed E-state index contributed by atoms with van der Waals surface area (Å²) < 4.78 is 0. The highest BCUT2D eigenvalue weighted by molar-refractivity contribution is 5.85. The Morgan fingerprint density at radius 1 is 1.50 bits per heavy atom. The number of rotatable bonds is 7. The Hall–Kier alpha value is -1.92. The van der Waals surface area contributed by atoms with Crippen LogP contribution in [0.5, 0.6) is 0 Å². The van der Waals surface area contributed by atoms with E-state index in [1.165, 1.54) is 12.1 Å². The summed E-state index contributed by atoms with van der Waals surface area (Å²) in [6.45, 7) is 4.58. The Morgan fingerprint density at radius 2 is 2.20 bits per heavy atom. The zero-order valence-corrected chi connectivity index (χ0v) is 11.8. The van der Waals surface area contributed by atoms with Crippen LogP contribution in [-0.2, 0) is 11.3 Å². The van der Waals surface area contributed by atoms with E-state index in [0.717, 1.165) is 0 Å². The van der Waals surface area contributed by atoms with Gasteiger partial charge in [-0.3, -0.25) is 14.9 Å². The molecule has 0 aliphatic rings. The van der Waals surface area contributed by atoms with Crippen LogP contribution in [-0.4, -0.2) is 28.8 Å². The van der Waals surface area contributed by atoms with Gasteiger partial charge in [-0.05, 0) is 5.56 Å². The second-order valence-corrected chi connectivity index (χ2v) is 4.03. The zero-order chi connectivity index (χ0) is 14.3. The van der Waals surface area contributed by atoms with E-state index in [-0.39, 0.29) is 37.0 Å². The first-order valence-corrected chi connectivity index (χ1v) is 5.90. The van der Waals surface area contributed by atoms with Gasteiger partial charge in [0, 0.05) is 38.2 Å². The lowest BCUT2D eigenvalue weighted by molar-refractivity contribution is -0.384. The molecular weight excluding hydrogens is 282 g/mol. The SMILES string of the molecule is C=CCN(Cc1cccc([N+](=O)[O-])c1)C(=O)CCN.Cl. The maximum atomic E-state index is 11.8. The minimum Gasteiger partial charge on any atom is -0.335 e. The van der Waals surface area contributed by atoms with Crippen molar-refractivity contribution in [2.75, 3.05) is 13.1 Å². The van der Waals surface area contributed by atoms with Gasteiger partial charge in [0.1, 0.15) is 0 Å². The molecule has 0 bridgehead atoms. The van der Waals surface area contributed by atoms with Gasteiger partial charge in [-0.1, -0.05) is 18.2 Å². The molecule has 1 aromatic carbocycles. The molecule has 0 saturated heterocycles. The van der Waals surface area contributed by atoms with Crippen molar-refractivity contribution in [1.82, 2.24) is 4.90 Å². The predicted octanol–water partition coefficient (Wildman–Crippen LogP) is 1.88. The van der Waals surface area contributed by atoms with Crippen LogP contribution in [0.3, 0.4) is 0 Å². The number of nitro groups is 1. The molecule has 7 heteroatoms. The number of halogens is 1. The van der Waals surface area contributed by atoms with Crippen LogP contribution in [0, 0.1) is 10.1 Å². The van der Waals surface area contributed by atoms with Gasteiger partial charge in [0.2, 0.25) is 5.91 Å². The summed E-state index contributed by atoms with van der Waals surface area (Å²) in [6.07, 6.45) is 1.87. The number of carbonyl (C=O) groups excluding carboxylic acids is 1. The minimum atomic E-state index is -0.455. The summed E-state index contributed by atoms with van der Waals surface area (Å²) >= 11 is 0. The highest BCUT2D eigenvalue weighted by Gasteiger charge is 2.13. The standard InChI is InChI=1S/C13H17N3O3.ClH/c1-2-8-15(13(17)6-7-14)10-11-4-3-5-12(9-11)16(18)19;/h2-5,9H,1,6-8,10,14H2;1H. The fraction of sp³-hybridized carbons (Fsp3) is 0.308. The molecule has 0 heterocycles. The molecule has 0 aliphatic heterocycles. The van der Waals surface area contributed by atoms with Gasteiger partial charge >= 0.3 is 0 Å². The molecule has 6 nitrogen and oxygen atoms in total. The number of amides is 1. The quantitative estimate of drug-likeness (QED) is 0.473. The first-order valence-electron chi connectivity index (χ1n) is 5.90. The van der Waals surface area contributed by atoms with Gasteiger partial charge in [-0.15, -0.1) is 19.0 Å². The smallest absolute Gasteiger partial charge is 0.269 e. The van der Waals surface area contributed by atoms with Crippen LogP contribution in [0.25, 0.3) is 0 Å². The van der Waals surface area contributed by atoms with Gasteiger partial charge in [0.25, 0.3) is 5.69 Å². The number of nitrogens with zero attached hydrogens (tertiary/aromatic N) is 2. The second kappa shape index (κ2) is 9.06. The van der Waals surface area contributed by atoms with Gasteiger partial charge in [0.05, 0.1) is 4.92 Å². The van der Waals surface area contributed by atoms with Gasteiger partial charge < -0.3 is 10.6 Å². The predicted molar refractivity (Wildman–Crippen MR) is 79.6 cm³/mol. The molecule has 0 aromatic heterocycles. The number of carbonyl (C=O) groups is 1. The first kappa shape index (κ1) is 18.1. The molecular formula is C13H18ClN3O3. The molecule has 110 valence electrons. The summed E-state index contributed by atoms with van der Waals surface area (Å²) in [5, 5.41) is 10.7. The third-order valence-corrected chi connectivity index (χ3v) is 2.56. The lowest BCUT2D eigenvalue weighted by Gasteiger charge is -2.20. The minimum absolute atomic E-state index is 0. The van der Waals surface area contributed by atoms with Crippen LogP contribution in [0.2, 0.25) is 0 Å². The van der Waals surface area contributed by atoms with Crippen molar-refractivity contribution >= 4 is 24.0 Å². The van der Waals surface area contributed by atoms with Crippen LogP contribution >= 0.6 is 12.4 Å². The number of hydrogen-bond donors (Lipinski definition) is 1. The molecule has 20 heavy (non-hydrogen) atoms. The normalized spacial score (nSPS) is 9.45. The van der Waals surface area contributed by atoms with Crippen LogP contribution in [0.15, 0.2) is 36.9 Å². The van der Waals surface area contributed by atoms with E-state index in [2.05, 4.69) is 6.58 Å². The summed E-state index contributed by atoms with van der Waals surface area (Å²) in [4.78, 5) is 23.6. The van der Waals surface area contributed by atoms with Crippen molar-refractivity contribution in [2.45, 2.75) is 13.0 Å². The molecule has 0 radical (unpaired) electrons. The Balaban J connectivity index is 0.00000361. The lowest BCUT2D eigenvalue weighted by atomic mass is 10.2. The summed E-state index contributed by atoms with van der Waals surface area (Å²) in [6, 6.07) is 6.24. The second-order valence-electron chi connectivity index (χ2n) is 4.03. The lowest BCUT2D eigenvalue weighted by Crippen LogP contribution is -2.32. The highest BCUT2D eigenvalue weighted by Crippen LogP contribution is 2.15. The molecule has 1 amide bonds. The van der Waals surface area contributed by atoms with Crippen LogP contribution in [0.4, 0.5) is 5.69 Å². The Kier molecular flexibility index (Phi) is 8.19. The zero-order valence-electron chi connectivity index (χ0n) is 11.0. The first-order chi connectivity index (χ1) is 9.08. The molecule has 2 N–H and O–H groups in total. The Labute approximate surface area is 123 Å². The number of nitrogens with two attached hydrogens (primary N) is 1. The Morgan fingerprint density at radius 3 is 2.75 bits per heavy atom. The van der Waals surface area contributed by atoms with E-state index < -0.39 is 4.92 Å². The maximum absolute atomic E-state index is 11.8. The number of nitro benzene ring substituents is 1. The number of non-ortho nitro benzene ring substituents is 1. The van der Waals surface area contributed by atoms with E-state index in [1.54, 1.807) is 23.1 Å². The van der Waals surface area contributed by atoms with Gasteiger partial charge in [-0.25, -0.2) is 0 Å². The van der Waals surface area contributed by atoms with E-state index in [9.17, 15) is 14.9 Å². The van der Waals surface area contributed by atoms with Gasteiger partial charge in [-0.2, -0.15) is 0 Å². The van der Waals surface area contributed by atoms with Crippen molar-refractivity contribution in [2.24, 2.45) is 5.73 Å². The van der Waals surface area contributed by atoms with Crippen molar-refractivity contribution in [3.63, 3.8) is 0 Å². The summed E-state index contributed by atoms with van der Waals surface area (Å²) in [7, 11) is 0.